The van der Waals surface area contributed by atoms with Crippen LogP contribution in [0.25, 0.3) is 0 Å². The van der Waals surface area contributed by atoms with E-state index in [1.807, 2.05) is 0 Å². The highest BCUT2D eigenvalue weighted by molar-refractivity contribution is 5.90. The van der Waals surface area contributed by atoms with Gasteiger partial charge in [-0.3, -0.25) is 0 Å². The summed E-state index contributed by atoms with van der Waals surface area (Å²) in [5.41, 5.74) is 4.64. The summed E-state index contributed by atoms with van der Waals surface area (Å²) in [5.74, 6) is -0.258. The largest absolute Gasteiger partial charge is 0.481 e. The van der Waals surface area contributed by atoms with Crippen molar-refractivity contribution in [3.8, 4) is 0 Å². The number of hydrogen-bond donors (Lipinski definition) is 2. The van der Waals surface area contributed by atoms with Crippen molar-refractivity contribution in [1.82, 2.24) is 0 Å². The summed E-state index contributed by atoms with van der Waals surface area (Å²) in [6, 6.07) is 6.29. The summed E-state index contributed by atoms with van der Waals surface area (Å²) in [7, 11) is 1.20. The normalized spacial score (nSPS) is 13.5. The van der Waals surface area contributed by atoms with E-state index in [9.17, 15) is 13.2 Å². The molecule has 0 saturated carbocycles. The van der Waals surface area contributed by atoms with E-state index in [2.05, 4.69) is 4.99 Å². The molecule has 0 bridgehead atoms. The minimum Gasteiger partial charge on any atom is -0.481 e. The number of aliphatic imine (C=N–C) groups is 1. The number of alkyl halides is 3. The molecule has 0 spiro atoms. The van der Waals surface area contributed by atoms with Crippen LogP contribution in [0.2, 0.25) is 0 Å². The van der Waals surface area contributed by atoms with Gasteiger partial charge in [-0.1, -0.05) is 12.1 Å². The Labute approximate surface area is 108 Å². The van der Waals surface area contributed by atoms with E-state index in [4.69, 9.17) is 15.6 Å². The Balaban J connectivity index is 2.98. The van der Waals surface area contributed by atoms with Crippen LogP contribution in [0.5, 0.6) is 0 Å². The summed E-state index contributed by atoms with van der Waals surface area (Å²) in [6.45, 7) is -0.123. The van der Waals surface area contributed by atoms with Crippen LogP contribution in [0, 0.1) is 0 Å². The van der Waals surface area contributed by atoms with Crippen LogP contribution in [0.3, 0.4) is 0 Å². The Morgan fingerprint density at radius 3 is 2.37 bits per heavy atom. The van der Waals surface area contributed by atoms with Crippen LogP contribution in [-0.2, 0) is 11.3 Å². The number of ether oxygens (including phenoxy) is 1. The number of rotatable bonds is 3. The van der Waals surface area contributed by atoms with E-state index in [1.54, 1.807) is 24.3 Å². The van der Waals surface area contributed by atoms with E-state index in [0.29, 0.717) is 17.3 Å². The minimum absolute atomic E-state index is 0.123. The number of benzene rings is 1. The van der Waals surface area contributed by atoms with Gasteiger partial charge < -0.3 is 15.6 Å². The summed E-state index contributed by atoms with van der Waals surface area (Å²) in [4.78, 5) is 3.86. The van der Waals surface area contributed by atoms with Crippen LogP contribution in [0.15, 0.2) is 41.0 Å². The fraction of sp³-hybridized carbons (Fsp3) is 0.250. The first kappa shape index (κ1) is 15.0. The SMILES string of the molecule is COC(/C=C(\N)C(F)(F)F)=Nc1ccc(CO)cc1. The lowest BCUT2D eigenvalue weighted by atomic mass is 10.2. The molecule has 1 aromatic carbocycles. The fourth-order valence-electron chi connectivity index (χ4n) is 1.15. The van der Waals surface area contributed by atoms with E-state index in [-0.39, 0.29) is 12.5 Å². The molecule has 1 aromatic rings. The topological polar surface area (TPSA) is 67.8 Å². The van der Waals surface area contributed by atoms with Crippen LogP contribution < -0.4 is 5.73 Å². The highest BCUT2D eigenvalue weighted by Gasteiger charge is 2.31. The lowest BCUT2D eigenvalue weighted by molar-refractivity contribution is -0.0926. The molecular weight excluding hydrogens is 261 g/mol. The molecule has 7 heteroatoms. The third kappa shape index (κ3) is 4.63. The number of aliphatic hydroxyl groups excluding tert-OH is 1. The van der Waals surface area contributed by atoms with Crippen molar-refractivity contribution in [1.29, 1.82) is 0 Å². The van der Waals surface area contributed by atoms with E-state index >= 15 is 0 Å². The molecule has 0 aliphatic heterocycles. The van der Waals surface area contributed by atoms with Crippen LogP contribution in [0.1, 0.15) is 5.56 Å². The third-order valence-corrected chi connectivity index (χ3v) is 2.17. The molecule has 104 valence electrons. The summed E-state index contributed by atoms with van der Waals surface area (Å²) in [5, 5.41) is 8.85. The highest BCUT2D eigenvalue weighted by atomic mass is 19.4. The molecule has 0 unspecified atom stereocenters. The lowest BCUT2D eigenvalue weighted by Gasteiger charge is -2.07. The maximum atomic E-state index is 12.3. The first-order chi connectivity index (χ1) is 8.86. The Morgan fingerprint density at radius 2 is 1.95 bits per heavy atom. The summed E-state index contributed by atoms with van der Waals surface area (Å²) < 4.78 is 41.5. The number of hydrogen-bond acceptors (Lipinski definition) is 4. The second-order valence-corrected chi connectivity index (χ2v) is 3.58. The van der Waals surface area contributed by atoms with Crippen molar-refractivity contribution in [3.63, 3.8) is 0 Å². The molecule has 0 aromatic heterocycles. The molecule has 0 radical (unpaired) electrons. The van der Waals surface area contributed by atoms with Crippen molar-refractivity contribution in [2.45, 2.75) is 12.8 Å². The molecule has 4 nitrogen and oxygen atoms in total. The third-order valence-electron chi connectivity index (χ3n) is 2.17. The molecule has 0 saturated heterocycles. The minimum atomic E-state index is -4.62. The second-order valence-electron chi connectivity index (χ2n) is 3.58. The first-order valence-corrected chi connectivity index (χ1v) is 5.23. The number of aliphatic hydroxyl groups is 1. The van der Waals surface area contributed by atoms with Crippen LogP contribution in [0.4, 0.5) is 18.9 Å². The van der Waals surface area contributed by atoms with Crippen molar-refractivity contribution >= 4 is 11.6 Å². The van der Waals surface area contributed by atoms with Gasteiger partial charge in [0.2, 0.25) is 5.90 Å². The average Bonchev–Trinajstić information content (AvgIpc) is 2.37. The molecule has 0 heterocycles. The van der Waals surface area contributed by atoms with E-state index in [0.717, 1.165) is 0 Å². The summed E-state index contributed by atoms with van der Waals surface area (Å²) in [6.07, 6.45) is -4.01. The number of methoxy groups -OCH3 is 1. The fourth-order valence-corrected chi connectivity index (χ4v) is 1.15. The molecule has 3 N–H and O–H groups in total. The maximum Gasteiger partial charge on any atom is 0.430 e. The van der Waals surface area contributed by atoms with Crippen molar-refractivity contribution in [3.05, 3.63) is 41.6 Å². The van der Waals surface area contributed by atoms with Gasteiger partial charge in [-0.15, -0.1) is 0 Å². The van der Waals surface area contributed by atoms with Gasteiger partial charge in [-0.05, 0) is 17.7 Å². The van der Waals surface area contributed by atoms with Crippen molar-refractivity contribution < 1.29 is 23.0 Å². The number of nitrogens with zero attached hydrogens (tertiary/aromatic N) is 1. The van der Waals surface area contributed by atoms with Gasteiger partial charge in [0, 0.05) is 6.08 Å². The molecule has 19 heavy (non-hydrogen) atoms. The number of allylic oxidation sites excluding steroid dienone is 1. The Kier molecular flexibility index (Phi) is 4.94. The predicted molar refractivity (Wildman–Crippen MR) is 64.8 cm³/mol. The van der Waals surface area contributed by atoms with Crippen molar-refractivity contribution in [2.75, 3.05) is 7.11 Å². The monoisotopic (exact) mass is 274 g/mol. The number of nitrogens with two attached hydrogens (primary N) is 1. The van der Waals surface area contributed by atoms with Gasteiger partial charge in [0.15, 0.2) is 0 Å². The molecule has 0 aliphatic carbocycles. The Hall–Kier alpha value is -2.02. The molecule has 0 atom stereocenters. The van der Waals surface area contributed by atoms with Gasteiger partial charge in [-0.2, -0.15) is 13.2 Å². The van der Waals surface area contributed by atoms with Gasteiger partial charge in [0.05, 0.1) is 19.4 Å². The maximum absolute atomic E-state index is 12.3. The zero-order chi connectivity index (χ0) is 14.5. The number of halogens is 3. The molecule has 0 fully saturated rings. The standard InChI is InChI=1S/C12H13F3N2O2/c1-19-11(6-10(16)12(13,14)15)17-9-4-2-8(7-18)3-5-9/h2-6,18H,7,16H2,1H3/b10-6-,17-11?. The quantitative estimate of drug-likeness (QED) is 0.656. The first-order valence-electron chi connectivity index (χ1n) is 5.23. The predicted octanol–water partition coefficient (Wildman–Crippen LogP) is 2.26. The Morgan fingerprint density at radius 1 is 1.37 bits per heavy atom. The van der Waals surface area contributed by atoms with Gasteiger partial charge in [0.25, 0.3) is 0 Å². The van der Waals surface area contributed by atoms with Crippen LogP contribution >= 0.6 is 0 Å². The zero-order valence-corrected chi connectivity index (χ0v) is 10.1. The van der Waals surface area contributed by atoms with Gasteiger partial charge >= 0.3 is 6.18 Å². The van der Waals surface area contributed by atoms with Gasteiger partial charge in [-0.25, -0.2) is 4.99 Å². The highest BCUT2D eigenvalue weighted by Crippen LogP contribution is 2.22. The van der Waals surface area contributed by atoms with Gasteiger partial charge in [0.1, 0.15) is 5.70 Å². The average molecular weight is 274 g/mol. The zero-order valence-electron chi connectivity index (χ0n) is 10.1. The van der Waals surface area contributed by atoms with E-state index in [1.165, 1.54) is 7.11 Å². The molecule has 1 rings (SSSR count). The molecular formula is C12H13F3N2O2. The molecule has 0 amide bonds. The Bertz CT molecular complexity index is 479. The summed E-state index contributed by atoms with van der Waals surface area (Å²) >= 11 is 0. The van der Waals surface area contributed by atoms with Crippen LogP contribution in [-0.4, -0.2) is 24.3 Å². The smallest absolute Gasteiger partial charge is 0.430 e. The lowest BCUT2D eigenvalue weighted by Crippen LogP contribution is -2.20. The molecule has 0 aliphatic rings. The second kappa shape index (κ2) is 6.24. The van der Waals surface area contributed by atoms with Crippen molar-refractivity contribution in [2.24, 2.45) is 10.7 Å². The van der Waals surface area contributed by atoms with E-state index < -0.39 is 11.9 Å².